The minimum absolute atomic E-state index is 0.262. The number of hydrogen-bond donors (Lipinski definition) is 8. The number of amides is 1. The normalized spacial score (nSPS) is 19.7. The van der Waals surface area contributed by atoms with E-state index in [1.54, 1.807) is 0 Å². The second kappa shape index (κ2) is 54.2. The summed E-state index contributed by atoms with van der Waals surface area (Å²) < 4.78 is 11.1. The van der Waals surface area contributed by atoms with E-state index in [0.29, 0.717) is 19.3 Å². The molecule has 0 spiro atoms. The second-order valence-electron chi connectivity index (χ2n) is 23.2. The summed E-state index contributed by atoms with van der Waals surface area (Å²) in [6.07, 6.45) is 55.7. The van der Waals surface area contributed by atoms with Gasteiger partial charge in [0.1, 0.15) is 36.6 Å². The molecule has 0 aliphatic carbocycles. The highest BCUT2D eigenvalue weighted by Crippen LogP contribution is 2.24. The van der Waals surface area contributed by atoms with Crippen LogP contribution in [0.1, 0.15) is 316 Å². The van der Waals surface area contributed by atoms with Crippen LogP contribution in [0.15, 0.2) is 24.3 Å². The zero-order chi connectivity index (χ0) is 55.4. The van der Waals surface area contributed by atoms with Crippen molar-refractivity contribution in [1.82, 2.24) is 5.32 Å². The molecule has 1 rings (SSSR count). The third-order valence-corrected chi connectivity index (χ3v) is 16.0. The Labute approximate surface area is 467 Å². The van der Waals surface area contributed by atoms with Crippen LogP contribution in [0.4, 0.5) is 0 Å². The van der Waals surface area contributed by atoms with Gasteiger partial charge in [-0.25, -0.2) is 0 Å². The zero-order valence-corrected chi connectivity index (χ0v) is 49.5. The number of carbonyl (C=O) groups excluding carboxylic acids is 1. The van der Waals surface area contributed by atoms with E-state index >= 15 is 0 Å². The summed E-state index contributed by atoms with van der Waals surface area (Å²) in [5, 5.41) is 76.0. The van der Waals surface area contributed by atoms with Gasteiger partial charge in [0, 0.05) is 0 Å². The molecule has 9 unspecified atom stereocenters. The predicted molar refractivity (Wildman–Crippen MR) is 316 cm³/mol. The quantitative estimate of drug-likeness (QED) is 0.0215. The van der Waals surface area contributed by atoms with E-state index in [-0.39, 0.29) is 6.42 Å². The van der Waals surface area contributed by atoms with Gasteiger partial charge in [0.15, 0.2) is 6.29 Å². The number of hydrogen-bond acceptors (Lipinski definition) is 10. The van der Waals surface area contributed by atoms with Gasteiger partial charge in [-0.1, -0.05) is 295 Å². The van der Waals surface area contributed by atoms with E-state index in [0.717, 1.165) is 44.9 Å². The molecule has 9 atom stereocenters. The van der Waals surface area contributed by atoms with Crippen LogP contribution in [0.2, 0.25) is 0 Å². The maximum Gasteiger partial charge on any atom is 0.249 e. The molecule has 11 nitrogen and oxygen atoms in total. The van der Waals surface area contributed by atoms with Crippen molar-refractivity contribution < 1.29 is 50.0 Å². The van der Waals surface area contributed by atoms with Crippen LogP contribution in [-0.2, 0) is 14.3 Å². The molecule has 1 amide bonds. The molecule has 0 bridgehead atoms. The van der Waals surface area contributed by atoms with Crippen LogP contribution < -0.4 is 5.32 Å². The lowest BCUT2D eigenvalue weighted by atomic mass is 9.98. The molecular weight excluding hydrogens is 955 g/mol. The van der Waals surface area contributed by atoms with Gasteiger partial charge in [-0.3, -0.25) is 4.79 Å². The smallest absolute Gasteiger partial charge is 0.249 e. The SMILES string of the molecule is CCCCCCCCCCCCCCCCC/C=C\C/C=C\CCCCCCCCCCCCCCCCCCC(O)C(=O)NC(COC1OC(CO)C(O)C(O)C1O)C(O)C(O)CCCCCCCCCCCCC. The number of unbranched alkanes of at least 4 members (excludes halogenated alkanes) is 41. The fourth-order valence-corrected chi connectivity index (χ4v) is 10.7. The number of allylic oxidation sites excluding steroid dienone is 4. The summed E-state index contributed by atoms with van der Waals surface area (Å²) in [6, 6.07) is -1.17. The van der Waals surface area contributed by atoms with Crippen molar-refractivity contribution in [2.75, 3.05) is 13.2 Å². The molecule has 1 saturated heterocycles. The van der Waals surface area contributed by atoms with Crippen LogP contribution in [-0.4, -0.2) is 110 Å². The summed E-state index contributed by atoms with van der Waals surface area (Å²) >= 11 is 0. The van der Waals surface area contributed by atoms with Crippen LogP contribution in [0.5, 0.6) is 0 Å². The van der Waals surface area contributed by atoms with Crippen LogP contribution in [0.25, 0.3) is 0 Å². The van der Waals surface area contributed by atoms with Crippen molar-refractivity contribution in [2.24, 2.45) is 0 Å². The van der Waals surface area contributed by atoms with Crippen LogP contribution in [0, 0.1) is 0 Å². The lowest BCUT2D eigenvalue weighted by Crippen LogP contribution is -2.60. The van der Waals surface area contributed by atoms with Crippen LogP contribution in [0.3, 0.4) is 0 Å². The Morgan fingerprint density at radius 3 is 1.17 bits per heavy atom. The van der Waals surface area contributed by atoms with E-state index in [1.165, 1.54) is 231 Å². The molecule has 1 aliphatic heterocycles. The highest BCUT2D eigenvalue weighted by molar-refractivity contribution is 5.80. The predicted octanol–water partition coefficient (Wildman–Crippen LogP) is 14.9. The van der Waals surface area contributed by atoms with Crippen LogP contribution >= 0.6 is 0 Å². The molecule has 1 aliphatic rings. The van der Waals surface area contributed by atoms with Crippen molar-refractivity contribution in [3.8, 4) is 0 Å². The van der Waals surface area contributed by atoms with Crippen molar-refractivity contribution in [2.45, 2.75) is 371 Å². The average Bonchev–Trinajstić information content (AvgIpc) is 3.42. The first-order valence-electron chi connectivity index (χ1n) is 32.7. The van der Waals surface area contributed by atoms with Gasteiger partial charge in [0.05, 0.1) is 25.4 Å². The molecule has 0 aromatic rings. The maximum absolute atomic E-state index is 13.2. The minimum atomic E-state index is -1.66. The van der Waals surface area contributed by atoms with E-state index in [1.807, 2.05) is 0 Å². The number of aliphatic hydroxyl groups excluding tert-OH is 7. The van der Waals surface area contributed by atoms with E-state index in [4.69, 9.17) is 9.47 Å². The number of nitrogens with one attached hydrogen (secondary N) is 1. The maximum atomic E-state index is 13.2. The molecule has 0 saturated carbocycles. The van der Waals surface area contributed by atoms with Crippen molar-refractivity contribution in [3.63, 3.8) is 0 Å². The Bertz CT molecular complexity index is 1280. The second-order valence-corrected chi connectivity index (χ2v) is 23.2. The fraction of sp³-hybridized carbons (Fsp3) is 0.923. The number of ether oxygens (including phenoxy) is 2. The molecule has 0 radical (unpaired) electrons. The van der Waals surface area contributed by atoms with Gasteiger partial charge < -0.3 is 50.5 Å². The molecule has 1 fully saturated rings. The van der Waals surface area contributed by atoms with Gasteiger partial charge in [-0.15, -0.1) is 0 Å². The van der Waals surface area contributed by atoms with Gasteiger partial charge in [0.2, 0.25) is 5.91 Å². The summed E-state index contributed by atoms with van der Waals surface area (Å²) in [6.45, 7) is 3.47. The van der Waals surface area contributed by atoms with Gasteiger partial charge in [-0.05, 0) is 44.9 Å². The topological polar surface area (TPSA) is 189 Å². The average molecular weight is 1080 g/mol. The minimum Gasteiger partial charge on any atom is -0.394 e. The summed E-state index contributed by atoms with van der Waals surface area (Å²) in [4.78, 5) is 13.2. The summed E-state index contributed by atoms with van der Waals surface area (Å²) in [5.41, 5.74) is 0. The third-order valence-electron chi connectivity index (χ3n) is 16.0. The van der Waals surface area contributed by atoms with Gasteiger partial charge >= 0.3 is 0 Å². The molecule has 1 heterocycles. The standard InChI is InChI=1S/C65H125NO10/c1-3-5-7-9-11-13-15-16-17-18-19-20-21-22-23-24-25-26-27-28-29-30-31-32-33-34-35-36-37-38-39-40-41-43-45-47-49-51-53-58(69)64(74)66-56(55-75-65-63(73)62(72)61(71)59(54-67)76-65)60(70)57(68)52-50-48-46-44-42-14-12-10-8-6-4-2/h25-26,28-29,56-63,65,67-73H,3-24,27,30-55H2,1-2H3,(H,66,74)/b26-25-,29-28-. The van der Waals surface area contributed by atoms with E-state index in [2.05, 4.69) is 43.5 Å². The third kappa shape index (κ3) is 41.6. The van der Waals surface area contributed by atoms with Crippen molar-refractivity contribution in [1.29, 1.82) is 0 Å². The molecular formula is C65H125NO10. The highest BCUT2D eigenvalue weighted by Gasteiger charge is 2.44. The Hall–Kier alpha value is -1.41. The van der Waals surface area contributed by atoms with Crippen molar-refractivity contribution in [3.05, 3.63) is 24.3 Å². The highest BCUT2D eigenvalue weighted by atomic mass is 16.7. The summed E-state index contributed by atoms with van der Waals surface area (Å²) in [5.74, 6) is -0.694. The molecule has 8 N–H and O–H groups in total. The molecule has 11 heteroatoms. The van der Waals surface area contributed by atoms with E-state index < -0.39 is 74.2 Å². The Morgan fingerprint density at radius 1 is 0.461 bits per heavy atom. The number of rotatable bonds is 57. The zero-order valence-electron chi connectivity index (χ0n) is 49.5. The molecule has 76 heavy (non-hydrogen) atoms. The van der Waals surface area contributed by atoms with Crippen molar-refractivity contribution >= 4 is 5.91 Å². The monoisotopic (exact) mass is 1080 g/mol. The number of aliphatic hydroxyl groups is 7. The summed E-state index contributed by atoms with van der Waals surface area (Å²) in [7, 11) is 0. The van der Waals surface area contributed by atoms with E-state index in [9.17, 15) is 40.5 Å². The lowest BCUT2D eigenvalue weighted by Gasteiger charge is -2.40. The first-order valence-corrected chi connectivity index (χ1v) is 32.7. The molecule has 0 aromatic carbocycles. The Balaban J connectivity index is 2.09. The van der Waals surface area contributed by atoms with Gasteiger partial charge in [0.25, 0.3) is 0 Å². The Morgan fingerprint density at radius 2 is 0.803 bits per heavy atom. The first-order chi connectivity index (χ1) is 37.2. The first kappa shape index (κ1) is 72.6. The number of carbonyl (C=O) groups is 1. The molecule has 450 valence electrons. The lowest BCUT2D eigenvalue weighted by molar-refractivity contribution is -0.303. The largest absolute Gasteiger partial charge is 0.394 e. The Kier molecular flexibility index (Phi) is 51.8. The molecule has 0 aromatic heterocycles. The fourth-order valence-electron chi connectivity index (χ4n) is 10.7. The van der Waals surface area contributed by atoms with Gasteiger partial charge in [-0.2, -0.15) is 0 Å².